The van der Waals surface area contributed by atoms with Gasteiger partial charge in [-0.3, -0.25) is 0 Å². The highest BCUT2D eigenvalue weighted by molar-refractivity contribution is 5.14. The first-order valence-electron chi connectivity index (χ1n) is 5.98. The zero-order chi connectivity index (χ0) is 12.2. The van der Waals surface area contributed by atoms with Crippen LogP contribution in [0.15, 0.2) is 12.2 Å². The predicted octanol–water partition coefficient (Wildman–Crippen LogP) is 2.49. The maximum Gasteiger partial charge on any atom is 0.156 e. The lowest BCUT2D eigenvalue weighted by Crippen LogP contribution is -2.34. The minimum Gasteiger partial charge on any atom is -0.385 e. The average molecular weight is 228 g/mol. The van der Waals surface area contributed by atoms with Crippen LogP contribution in [0, 0.1) is 5.92 Å². The molecular formula is C13H24O3. The Morgan fingerprint density at radius 2 is 2.12 bits per heavy atom. The Hall–Kier alpha value is -0.380. The van der Waals surface area contributed by atoms with Crippen molar-refractivity contribution < 1.29 is 14.6 Å². The second kappa shape index (κ2) is 5.80. The third kappa shape index (κ3) is 2.84. The maximum absolute atomic E-state index is 10.5. The fraction of sp³-hybridized carbons (Fsp3) is 0.846. The third-order valence-electron chi connectivity index (χ3n) is 3.80. The van der Waals surface area contributed by atoms with Gasteiger partial charge in [0.2, 0.25) is 0 Å². The first-order valence-corrected chi connectivity index (χ1v) is 5.98. The van der Waals surface area contributed by atoms with Gasteiger partial charge in [0.25, 0.3) is 0 Å². The summed E-state index contributed by atoms with van der Waals surface area (Å²) >= 11 is 0. The van der Waals surface area contributed by atoms with Crippen LogP contribution in [0.25, 0.3) is 0 Å². The van der Waals surface area contributed by atoms with E-state index in [1.807, 2.05) is 6.92 Å². The molecule has 0 unspecified atom stereocenters. The van der Waals surface area contributed by atoms with Crippen molar-refractivity contribution in [2.75, 3.05) is 14.2 Å². The van der Waals surface area contributed by atoms with Gasteiger partial charge in [-0.1, -0.05) is 6.58 Å². The van der Waals surface area contributed by atoms with Crippen LogP contribution < -0.4 is 0 Å². The summed E-state index contributed by atoms with van der Waals surface area (Å²) in [4.78, 5) is 0. The van der Waals surface area contributed by atoms with Crippen LogP contribution in [0.1, 0.15) is 39.0 Å². The Labute approximate surface area is 98.4 Å². The molecular weight excluding hydrogens is 204 g/mol. The van der Waals surface area contributed by atoms with Crippen LogP contribution in [-0.4, -0.2) is 31.2 Å². The van der Waals surface area contributed by atoms with E-state index in [0.29, 0.717) is 5.92 Å². The highest BCUT2D eigenvalue weighted by Gasteiger charge is 2.41. The summed E-state index contributed by atoms with van der Waals surface area (Å²) in [6.07, 6.45) is 4.60. The van der Waals surface area contributed by atoms with E-state index < -0.39 is 5.60 Å². The molecule has 0 amide bonds. The quantitative estimate of drug-likeness (QED) is 0.561. The van der Waals surface area contributed by atoms with E-state index in [1.54, 1.807) is 14.2 Å². The normalized spacial score (nSPS) is 29.9. The van der Waals surface area contributed by atoms with Crippen LogP contribution in [0.5, 0.6) is 0 Å². The standard InChI is InChI=1S/C13H24O3/c1-10(2)13(14)9-5-6-11(13)7-8-12(15-3)16-4/h11-12,14H,1,5-9H2,2-4H3/t11-,13+/m0/s1. The van der Waals surface area contributed by atoms with Crippen LogP contribution in [-0.2, 0) is 9.47 Å². The van der Waals surface area contributed by atoms with Gasteiger partial charge in [0.15, 0.2) is 6.29 Å². The van der Waals surface area contributed by atoms with Crippen molar-refractivity contribution in [3.63, 3.8) is 0 Å². The van der Waals surface area contributed by atoms with E-state index in [9.17, 15) is 5.11 Å². The molecule has 0 spiro atoms. The summed E-state index contributed by atoms with van der Waals surface area (Å²) in [6.45, 7) is 5.83. The Morgan fingerprint density at radius 3 is 2.62 bits per heavy atom. The lowest BCUT2D eigenvalue weighted by Gasteiger charge is -2.31. The number of hydrogen-bond acceptors (Lipinski definition) is 3. The first kappa shape index (κ1) is 13.7. The zero-order valence-corrected chi connectivity index (χ0v) is 10.7. The molecule has 0 bridgehead atoms. The number of methoxy groups -OCH3 is 2. The SMILES string of the molecule is C=C(C)[C@]1(O)CCC[C@H]1CCC(OC)OC. The van der Waals surface area contributed by atoms with E-state index in [-0.39, 0.29) is 6.29 Å². The Morgan fingerprint density at radius 1 is 1.50 bits per heavy atom. The third-order valence-corrected chi connectivity index (χ3v) is 3.80. The fourth-order valence-corrected chi connectivity index (χ4v) is 2.68. The molecule has 1 aliphatic carbocycles. The molecule has 3 nitrogen and oxygen atoms in total. The molecule has 0 aromatic carbocycles. The van der Waals surface area contributed by atoms with Gasteiger partial charge in [-0.15, -0.1) is 0 Å². The van der Waals surface area contributed by atoms with Gasteiger partial charge in [-0.2, -0.15) is 0 Å². The second-order valence-corrected chi connectivity index (χ2v) is 4.77. The molecule has 0 saturated heterocycles. The highest BCUT2D eigenvalue weighted by atomic mass is 16.7. The topological polar surface area (TPSA) is 38.7 Å². The Kier molecular flexibility index (Phi) is 4.96. The summed E-state index contributed by atoms with van der Waals surface area (Å²) in [7, 11) is 3.29. The molecule has 0 aromatic heterocycles. The minimum atomic E-state index is -0.661. The van der Waals surface area contributed by atoms with Crippen LogP contribution >= 0.6 is 0 Å². The molecule has 0 heterocycles. The van der Waals surface area contributed by atoms with Crippen molar-refractivity contribution in [2.24, 2.45) is 5.92 Å². The molecule has 1 aliphatic rings. The molecule has 0 aliphatic heterocycles. The molecule has 16 heavy (non-hydrogen) atoms. The van der Waals surface area contributed by atoms with Crippen molar-refractivity contribution in [3.05, 3.63) is 12.2 Å². The van der Waals surface area contributed by atoms with Crippen molar-refractivity contribution in [1.82, 2.24) is 0 Å². The predicted molar refractivity (Wildman–Crippen MR) is 64.1 cm³/mol. The summed E-state index contributed by atoms with van der Waals surface area (Å²) in [5, 5.41) is 10.5. The van der Waals surface area contributed by atoms with Gasteiger partial charge >= 0.3 is 0 Å². The van der Waals surface area contributed by atoms with Crippen molar-refractivity contribution in [3.8, 4) is 0 Å². The molecule has 94 valence electrons. The van der Waals surface area contributed by atoms with E-state index in [1.165, 1.54) is 0 Å². The largest absolute Gasteiger partial charge is 0.385 e. The summed E-state index contributed by atoms with van der Waals surface area (Å²) in [5.74, 6) is 0.304. The minimum absolute atomic E-state index is 0.157. The number of ether oxygens (including phenoxy) is 2. The molecule has 1 rings (SSSR count). The van der Waals surface area contributed by atoms with Gasteiger partial charge in [0.1, 0.15) is 0 Å². The van der Waals surface area contributed by atoms with Crippen LogP contribution in [0.4, 0.5) is 0 Å². The lowest BCUT2D eigenvalue weighted by molar-refractivity contribution is -0.111. The highest BCUT2D eigenvalue weighted by Crippen LogP contribution is 2.42. The van der Waals surface area contributed by atoms with Gasteiger partial charge in [0.05, 0.1) is 5.60 Å². The Bertz CT molecular complexity index is 235. The smallest absolute Gasteiger partial charge is 0.156 e. The number of aliphatic hydroxyl groups is 1. The summed E-state index contributed by atoms with van der Waals surface area (Å²) < 4.78 is 10.3. The van der Waals surface area contributed by atoms with Crippen molar-refractivity contribution in [2.45, 2.75) is 50.9 Å². The molecule has 1 N–H and O–H groups in total. The van der Waals surface area contributed by atoms with Crippen molar-refractivity contribution >= 4 is 0 Å². The second-order valence-electron chi connectivity index (χ2n) is 4.77. The summed E-state index contributed by atoms with van der Waals surface area (Å²) in [5.41, 5.74) is 0.229. The van der Waals surface area contributed by atoms with Gasteiger partial charge in [-0.05, 0) is 50.5 Å². The molecule has 1 saturated carbocycles. The van der Waals surface area contributed by atoms with Gasteiger partial charge < -0.3 is 14.6 Å². The monoisotopic (exact) mass is 228 g/mol. The zero-order valence-electron chi connectivity index (χ0n) is 10.7. The van der Waals surface area contributed by atoms with E-state index >= 15 is 0 Å². The molecule has 0 aromatic rings. The van der Waals surface area contributed by atoms with Gasteiger partial charge in [-0.25, -0.2) is 0 Å². The van der Waals surface area contributed by atoms with Crippen LogP contribution in [0.2, 0.25) is 0 Å². The number of rotatable bonds is 6. The van der Waals surface area contributed by atoms with E-state index in [0.717, 1.165) is 37.7 Å². The maximum atomic E-state index is 10.5. The van der Waals surface area contributed by atoms with Gasteiger partial charge in [0, 0.05) is 14.2 Å². The summed E-state index contributed by atoms with van der Waals surface area (Å²) in [6, 6.07) is 0. The Balaban J connectivity index is 2.50. The lowest BCUT2D eigenvalue weighted by atomic mass is 9.82. The molecule has 0 radical (unpaired) electrons. The van der Waals surface area contributed by atoms with Crippen molar-refractivity contribution in [1.29, 1.82) is 0 Å². The van der Waals surface area contributed by atoms with E-state index in [2.05, 4.69) is 6.58 Å². The number of hydrogen-bond donors (Lipinski definition) is 1. The van der Waals surface area contributed by atoms with E-state index in [4.69, 9.17) is 9.47 Å². The van der Waals surface area contributed by atoms with Crippen LogP contribution in [0.3, 0.4) is 0 Å². The first-order chi connectivity index (χ1) is 7.54. The molecule has 2 atom stereocenters. The fourth-order valence-electron chi connectivity index (χ4n) is 2.68. The molecule has 1 fully saturated rings. The molecule has 3 heteroatoms. The average Bonchev–Trinajstić information content (AvgIpc) is 2.63.